The van der Waals surface area contributed by atoms with Gasteiger partial charge in [-0.25, -0.2) is 8.42 Å². The van der Waals surface area contributed by atoms with Crippen LogP contribution in [-0.2, 0) is 23.1 Å². The topological polar surface area (TPSA) is 106 Å². The molecule has 1 aromatic heterocycles. The molecule has 2 heterocycles. The van der Waals surface area contributed by atoms with E-state index in [0.29, 0.717) is 49.3 Å². The quantitative estimate of drug-likeness (QED) is 0.798. The number of piperazine rings is 1. The van der Waals surface area contributed by atoms with Crippen LogP contribution in [0.2, 0.25) is 0 Å². The summed E-state index contributed by atoms with van der Waals surface area (Å²) in [5.41, 5.74) is 7.52. The molecule has 10 heteroatoms. The van der Waals surface area contributed by atoms with Gasteiger partial charge in [-0.3, -0.25) is 4.90 Å². The Morgan fingerprint density at radius 2 is 1.85 bits per heavy atom. The highest BCUT2D eigenvalue weighted by Crippen LogP contribution is 2.20. The summed E-state index contributed by atoms with van der Waals surface area (Å²) < 4.78 is 32.2. The zero-order valence-corrected chi connectivity index (χ0v) is 16.5. The molecule has 1 aliphatic rings. The Labute approximate surface area is 159 Å². The molecule has 8 nitrogen and oxygen atoms in total. The van der Waals surface area contributed by atoms with Crippen LogP contribution in [0.5, 0.6) is 0 Å². The summed E-state index contributed by atoms with van der Waals surface area (Å²) in [4.78, 5) is 6.64. The van der Waals surface area contributed by atoms with Gasteiger partial charge in [0.1, 0.15) is 0 Å². The number of hydrogen-bond donors (Lipinski definition) is 1. The zero-order valence-electron chi connectivity index (χ0n) is 14.9. The predicted octanol–water partition coefficient (Wildman–Crippen LogP) is 1.07. The lowest BCUT2D eigenvalue weighted by Crippen LogP contribution is -2.48. The SMILES string of the molecule is Cc1ccc(S(=O)(=O)N2CCN(Cc3noc(CN)n3)CC2)cc1C.Cl. The number of sulfonamides is 1. The first-order chi connectivity index (χ1) is 11.9. The van der Waals surface area contributed by atoms with Crippen molar-refractivity contribution in [3.8, 4) is 0 Å². The van der Waals surface area contributed by atoms with E-state index in [0.717, 1.165) is 11.1 Å². The Morgan fingerprint density at radius 1 is 1.15 bits per heavy atom. The van der Waals surface area contributed by atoms with E-state index in [2.05, 4.69) is 15.0 Å². The van der Waals surface area contributed by atoms with E-state index in [1.54, 1.807) is 12.1 Å². The van der Waals surface area contributed by atoms with E-state index in [4.69, 9.17) is 10.3 Å². The van der Waals surface area contributed by atoms with Crippen LogP contribution < -0.4 is 5.73 Å². The summed E-state index contributed by atoms with van der Waals surface area (Å²) in [7, 11) is -3.46. The van der Waals surface area contributed by atoms with Crippen molar-refractivity contribution in [3.05, 3.63) is 41.0 Å². The molecule has 2 N–H and O–H groups in total. The standard InChI is InChI=1S/C16H23N5O3S.ClH/c1-12-3-4-14(9-13(12)2)25(22,23)21-7-5-20(6-8-21)11-15-18-16(10-17)24-19-15;/h3-4,9H,5-8,10-11,17H2,1-2H3;1H. The molecule has 0 bridgehead atoms. The van der Waals surface area contributed by atoms with Crippen molar-refractivity contribution in [1.82, 2.24) is 19.3 Å². The lowest BCUT2D eigenvalue weighted by Gasteiger charge is -2.33. The number of halogens is 1. The van der Waals surface area contributed by atoms with Gasteiger partial charge >= 0.3 is 0 Å². The molecule has 0 spiro atoms. The van der Waals surface area contributed by atoms with Crippen LogP contribution in [0, 0.1) is 13.8 Å². The van der Waals surface area contributed by atoms with Crippen molar-refractivity contribution in [1.29, 1.82) is 0 Å². The lowest BCUT2D eigenvalue weighted by atomic mass is 10.1. The van der Waals surface area contributed by atoms with E-state index in [9.17, 15) is 8.42 Å². The van der Waals surface area contributed by atoms with Crippen molar-refractivity contribution in [2.75, 3.05) is 26.2 Å². The number of aromatic nitrogens is 2. The van der Waals surface area contributed by atoms with Crippen molar-refractivity contribution in [2.24, 2.45) is 5.73 Å². The maximum absolute atomic E-state index is 12.8. The number of benzene rings is 1. The maximum Gasteiger partial charge on any atom is 0.243 e. The summed E-state index contributed by atoms with van der Waals surface area (Å²) in [6.07, 6.45) is 0. The fourth-order valence-electron chi connectivity index (χ4n) is 2.79. The van der Waals surface area contributed by atoms with Crippen LogP contribution >= 0.6 is 12.4 Å². The average Bonchev–Trinajstić information content (AvgIpc) is 3.05. The predicted molar refractivity (Wildman–Crippen MR) is 99.4 cm³/mol. The molecular weight excluding hydrogens is 378 g/mol. The minimum atomic E-state index is -3.46. The van der Waals surface area contributed by atoms with E-state index < -0.39 is 10.0 Å². The summed E-state index contributed by atoms with van der Waals surface area (Å²) >= 11 is 0. The fraction of sp³-hybridized carbons (Fsp3) is 0.500. The molecule has 0 atom stereocenters. The first-order valence-corrected chi connectivity index (χ1v) is 9.65. The molecule has 26 heavy (non-hydrogen) atoms. The van der Waals surface area contributed by atoms with Gasteiger partial charge in [0.15, 0.2) is 5.82 Å². The zero-order chi connectivity index (χ0) is 18.0. The van der Waals surface area contributed by atoms with Crippen LogP contribution in [0.25, 0.3) is 0 Å². The summed E-state index contributed by atoms with van der Waals surface area (Å²) in [6.45, 7) is 6.77. The molecule has 0 unspecified atom stereocenters. The minimum Gasteiger partial charge on any atom is -0.338 e. The highest BCUT2D eigenvalue weighted by Gasteiger charge is 2.29. The molecule has 0 amide bonds. The van der Waals surface area contributed by atoms with Gasteiger partial charge in [0.05, 0.1) is 18.0 Å². The number of hydrogen-bond acceptors (Lipinski definition) is 7. The molecule has 1 aliphatic heterocycles. The number of nitrogens with two attached hydrogens (primary N) is 1. The molecule has 0 saturated carbocycles. The summed E-state index contributed by atoms with van der Waals surface area (Å²) in [5.74, 6) is 0.983. The fourth-order valence-corrected chi connectivity index (χ4v) is 4.30. The second-order valence-corrected chi connectivity index (χ2v) is 8.17. The van der Waals surface area contributed by atoms with Crippen molar-refractivity contribution < 1.29 is 12.9 Å². The Hall–Kier alpha value is -1.52. The van der Waals surface area contributed by atoms with E-state index in [1.807, 2.05) is 19.9 Å². The Kier molecular flexibility index (Phi) is 6.75. The van der Waals surface area contributed by atoms with Gasteiger partial charge in [0.2, 0.25) is 15.9 Å². The first kappa shape index (κ1) is 20.8. The molecule has 1 aromatic carbocycles. The average molecular weight is 402 g/mol. The van der Waals surface area contributed by atoms with Gasteiger partial charge in [-0.15, -0.1) is 12.4 Å². The van der Waals surface area contributed by atoms with E-state index >= 15 is 0 Å². The number of rotatable bonds is 5. The van der Waals surface area contributed by atoms with Crippen LogP contribution in [0.1, 0.15) is 22.8 Å². The Balaban J connectivity index is 0.00000243. The molecule has 3 rings (SSSR count). The molecular formula is C16H24ClN5O3S. The molecule has 144 valence electrons. The molecule has 0 aliphatic carbocycles. The summed E-state index contributed by atoms with van der Waals surface area (Å²) in [5, 5.41) is 3.87. The second kappa shape index (κ2) is 8.45. The van der Waals surface area contributed by atoms with Gasteiger partial charge < -0.3 is 10.3 Å². The largest absolute Gasteiger partial charge is 0.338 e. The molecule has 2 aromatic rings. The smallest absolute Gasteiger partial charge is 0.243 e. The third-order valence-electron chi connectivity index (χ3n) is 4.50. The van der Waals surface area contributed by atoms with Crippen molar-refractivity contribution in [3.63, 3.8) is 0 Å². The van der Waals surface area contributed by atoms with Crippen LogP contribution in [-0.4, -0.2) is 53.9 Å². The van der Waals surface area contributed by atoms with Crippen molar-refractivity contribution >= 4 is 22.4 Å². The van der Waals surface area contributed by atoms with Gasteiger partial charge in [-0.05, 0) is 37.1 Å². The van der Waals surface area contributed by atoms with Gasteiger partial charge in [-0.2, -0.15) is 9.29 Å². The first-order valence-electron chi connectivity index (χ1n) is 8.21. The normalized spacial score (nSPS) is 16.4. The second-order valence-electron chi connectivity index (χ2n) is 6.23. The third kappa shape index (κ3) is 4.41. The van der Waals surface area contributed by atoms with Crippen molar-refractivity contribution in [2.45, 2.75) is 31.8 Å². The number of nitrogens with zero attached hydrogens (tertiary/aromatic N) is 4. The Bertz CT molecular complexity index is 847. The van der Waals surface area contributed by atoms with Crippen LogP contribution in [0.15, 0.2) is 27.6 Å². The van der Waals surface area contributed by atoms with Crippen LogP contribution in [0.4, 0.5) is 0 Å². The highest BCUT2D eigenvalue weighted by atomic mass is 35.5. The minimum absolute atomic E-state index is 0. The highest BCUT2D eigenvalue weighted by molar-refractivity contribution is 7.89. The Morgan fingerprint density at radius 3 is 2.42 bits per heavy atom. The number of aryl methyl sites for hydroxylation is 2. The van der Waals surface area contributed by atoms with E-state index in [-0.39, 0.29) is 19.0 Å². The molecule has 1 saturated heterocycles. The van der Waals surface area contributed by atoms with E-state index in [1.165, 1.54) is 4.31 Å². The van der Waals surface area contributed by atoms with Gasteiger partial charge in [0, 0.05) is 26.2 Å². The monoisotopic (exact) mass is 401 g/mol. The third-order valence-corrected chi connectivity index (χ3v) is 6.39. The maximum atomic E-state index is 12.8. The summed E-state index contributed by atoms with van der Waals surface area (Å²) in [6, 6.07) is 5.27. The van der Waals surface area contributed by atoms with Crippen LogP contribution in [0.3, 0.4) is 0 Å². The van der Waals surface area contributed by atoms with Gasteiger partial charge in [-0.1, -0.05) is 11.2 Å². The van der Waals surface area contributed by atoms with Gasteiger partial charge in [0.25, 0.3) is 0 Å². The lowest BCUT2D eigenvalue weighted by molar-refractivity contribution is 0.176. The molecule has 0 radical (unpaired) electrons. The molecule has 1 fully saturated rings.